The minimum absolute atomic E-state index is 1.24. The summed E-state index contributed by atoms with van der Waals surface area (Å²) >= 11 is 3.42. The number of hydrogen-bond acceptors (Lipinski definition) is 0. The van der Waals surface area contributed by atoms with Crippen LogP contribution in [0.3, 0.4) is 0 Å². The maximum atomic E-state index is 3.42. The molecule has 0 aliphatic rings. The summed E-state index contributed by atoms with van der Waals surface area (Å²) in [5.74, 6) is 0. The van der Waals surface area contributed by atoms with Gasteiger partial charge < -0.3 is 0 Å². The van der Waals surface area contributed by atoms with E-state index in [4.69, 9.17) is 0 Å². The standard InChI is InChI=1S/C7H14Br/c1-3-4-5-6-7(2)8/h3-6H2,1-2H3. The molecule has 0 heterocycles. The van der Waals surface area contributed by atoms with E-state index in [1.165, 1.54) is 30.5 Å². The van der Waals surface area contributed by atoms with Gasteiger partial charge >= 0.3 is 0 Å². The molecule has 0 atom stereocenters. The van der Waals surface area contributed by atoms with Gasteiger partial charge in [0, 0.05) is 4.83 Å². The maximum absolute atomic E-state index is 3.42. The van der Waals surface area contributed by atoms with Crippen molar-refractivity contribution in [3.05, 3.63) is 4.83 Å². The second-order valence-electron chi connectivity index (χ2n) is 2.13. The van der Waals surface area contributed by atoms with E-state index in [1.807, 2.05) is 0 Å². The van der Waals surface area contributed by atoms with Crippen molar-refractivity contribution in [2.45, 2.75) is 39.5 Å². The molecule has 0 rings (SSSR count). The molecule has 0 amide bonds. The van der Waals surface area contributed by atoms with Crippen LogP contribution in [0.5, 0.6) is 0 Å². The Bertz CT molecular complexity index is 41.7. The van der Waals surface area contributed by atoms with Crippen molar-refractivity contribution in [3.8, 4) is 0 Å². The van der Waals surface area contributed by atoms with Crippen LogP contribution < -0.4 is 0 Å². The molecule has 0 unspecified atom stereocenters. The molecule has 0 saturated heterocycles. The predicted octanol–water partition coefficient (Wildman–Crippen LogP) is 3.51. The van der Waals surface area contributed by atoms with Gasteiger partial charge in [-0.2, -0.15) is 0 Å². The number of rotatable bonds is 4. The molecule has 1 radical (unpaired) electrons. The average Bonchev–Trinajstić information content (AvgIpc) is 1.66. The molecule has 8 heavy (non-hydrogen) atoms. The Morgan fingerprint density at radius 1 is 1.38 bits per heavy atom. The summed E-state index contributed by atoms with van der Waals surface area (Å²) in [6.07, 6.45) is 5.27. The number of hydrogen-bond donors (Lipinski definition) is 0. The fraction of sp³-hybridized carbons (Fsp3) is 0.857. The first-order valence-corrected chi connectivity index (χ1v) is 4.04. The van der Waals surface area contributed by atoms with Crippen LogP contribution in [0.2, 0.25) is 0 Å². The highest BCUT2D eigenvalue weighted by atomic mass is 79.9. The highest BCUT2D eigenvalue weighted by molar-refractivity contribution is 9.11. The van der Waals surface area contributed by atoms with Gasteiger partial charge in [0.2, 0.25) is 0 Å². The third-order valence-electron chi connectivity index (χ3n) is 1.12. The Morgan fingerprint density at radius 2 is 2.00 bits per heavy atom. The SMILES string of the molecule is CCCCC[C](C)Br. The second-order valence-corrected chi connectivity index (χ2v) is 3.49. The fourth-order valence-electron chi connectivity index (χ4n) is 0.619. The molecule has 49 valence electrons. The van der Waals surface area contributed by atoms with Crippen LogP contribution in [0.1, 0.15) is 39.5 Å². The van der Waals surface area contributed by atoms with Crippen molar-refractivity contribution in [2.75, 3.05) is 0 Å². The highest BCUT2D eigenvalue weighted by Crippen LogP contribution is 2.16. The molecule has 1 heteroatoms. The summed E-state index contributed by atoms with van der Waals surface area (Å²) in [4.78, 5) is 1.38. The number of unbranched alkanes of at least 4 members (excludes halogenated alkanes) is 2. The molecule has 0 aromatic carbocycles. The molecule has 0 spiro atoms. The molecular formula is C7H14Br. The van der Waals surface area contributed by atoms with E-state index >= 15 is 0 Å². The lowest BCUT2D eigenvalue weighted by Crippen LogP contribution is -1.79. The monoisotopic (exact) mass is 177 g/mol. The van der Waals surface area contributed by atoms with Crippen LogP contribution in [-0.2, 0) is 0 Å². The summed E-state index contributed by atoms with van der Waals surface area (Å²) in [5, 5.41) is 0. The third-order valence-corrected chi connectivity index (χ3v) is 1.52. The summed E-state index contributed by atoms with van der Waals surface area (Å²) in [6.45, 7) is 4.35. The normalized spacial score (nSPS) is 10.5. The molecule has 0 saturated carbocycles. The van der Waals surface area contributed by atoms with Crippen molar-refractivity contribution in [3.63, 3.8) is 0 Å². The molecule has 0 aromatic rings. The fourth-order valence-corrected chi connectivity index (χ4v) is 0.899. The lowest BCUT2D eigenvalue weighted by atomic mass is 10.2. The predicted molar refractivity (Wildman–Crippen MR) is 42.0 cm³/mol. The van der Waals surface area contributed by atoms with Crippen molar-refractivity contribution in [2.24, 2.45) is 0 Å². The largest absolute Gasteiger partial charge is 0.0841 e. The molecule has 0 bridgehead atoms. The molecule has 0 aliphatic heterocycles. The molecular weight excluding hydrogens is 164 g/mol. The van der Waals surface area contributed by atoms with Gasteiger partial charge in [-0.25, -0.2) is 0 Å². The third kappa shape index (κ3) is 6.48. The molecule has 0 aliphatic carbocycles. The Morgan fingerprint density at radius 3 is 2.38 bits per heavy atom. The lowest BCUT2D eigenvalue weighted by molar-refractivity contribution is 0.705. The zero-order valence-corrected chi connectivity index (χ0v) is 7.29. The van der Waals surface area contributed by atoms with Crippen LogP contribution in [0.15, 0.2) is 0 Å². The van der Waals surface area contributed by atoms with E-state index in [1.54, 1.807) is 0 Å². The van der Waals surface area contributed by atoms with Gasteiger partial charge in [0.05, 0.1) is 0 Å². The van der Waals surface area contributed by atoms with Crippen LogP contribution in [-0.4, -0.2) is 0 Å². The Kier molecular flexibility index (Phi) is 5.95. The minimum Gasteiger partial charge on any atom is -0.0841 e. The Balaban J connectivity index is 2.72. The Hall–Kier alpha value is 0.480. The zero-order chi connectivity index (χ0) is 6.41. The molecule has 0 N–H and O–H groups in total. The van der Waals surface area contributed by atoms with Crippen LogP contribution in [0.4, 0.5) is 0 Å². The zero-order valence-electron chi connectivity index (χ0n) is 5.71. The van der Waals surface area contributed by atoms with E-state index in [2.05, 4.69) is 29.8 Å². The van der Waals surface area contributed by atoms with E-state index in [0.717, 1.165) is 0 Å². The van der Waals surface area contributed by atoms with E-state index in [9.17, 15) is 0 Å². The van der Waals surface area contributed by atoms with Gasteiger partial charge in [-0.15, -0.1) is 0 Å². The van der Waals surface area contributed by atoms with Crippen molar-refractivity contribution >= 4 is 15.9 Å². The quantitative estimate of drug-likeness (QED) is 0.578. The van der Waals surface area contributed by atoms with Crippen LogP contribution in [0, 0.1) is 4.83 Å². The summed E-state index contributed by atoms with van der Waals surface area (Å²) < 4.78 is 0. The van der Waals surface area contributed by atoms with E-state index < -0.39 is 0 Å². The van der Waals surface area contributed by atoms with Crippen LogP contribution in [0.25, 0.3) is 0 Å². The second kappa shape index (κ2) is 5.61. The smallest absolute Gasteiger partial charge is 0.0380 e. The summed E-state index contributed by atoms with van der Waals surface area (Å²) in [6, 6.07) is 0. The van der Waals surface area contributed by atoms with Crippen molar-refractivity contribution in [1.82, 2.24) is 0 Å². The van der Waals surface area contributed by atoms with Crippen molar-refractivity contribution < 1.29 is 0 Å². The van der Waals surface area contributed by atoms with Gasteiger partial charge in [0.1, 0.15) is 0 Å². The molecule has 0 fully saturated rings. The summed E-state index contributed by atoms with van der Waals surface area (Å²) in [5.41, 5.74) is 0. The van der Waals surface area contributed by atoms with Gasteiger partial charge in [-0.1, -0.05) is 42.1 Å². The first kappa shape index (κ1) is 8.48. The highest BCUT2D eigenvalue weighted by Gasteiger charge is 1.93. The summed E-state index contributed by atoms with van der Waals surface area (Å²) in [7, 11) is 0. The average molecular weight is 178 g/mol. The van der Waals surface area contributed by atoms with Crippen LogP contribution >= 0.6 is 15.9 Å². The van der Waals surface area contributed by atoms with Gasteiger partial charge in [0.15, 0.2) is 0 Å². The van der Waals surface area contributed by atoms with Gasteiger partial charge in [0.25, 0.3) is 0 Å². The first-order chi connectivity index (χ1) is 3.77. The number of halogens is 1. The lowest BCUT2D eigenvalue weighted by Gasteiger charge is -1.98. The maximum Gasteiger partial charge on any atom is 0.0380 e. The minimum atomic E-state index is 1.24. The first-order valence-electron chi connectivity index (χ1n) is 3.25. The van der Waals surface area contributed by atoms with Gasteiger partial charge in [-0.3, -0.25) is 0 Å². The van der Waals surface area contributed by atoms with E-state index in [-0.39, 0.29) is 0 Å². The topological polar surface area (TPSA) is 0 Å². The molecule has 0 nitrogen and oxygen atoms in total. The van der Waals surface area contributed by atoms with Crippen molar-refractivity contribution in [1.29, 1.82) is 0 Å². The van der Waals surface area contributed by atoms with E-state index in [0.29, 0.717) is 0 Å². The Labute approximate surface area is 60.8 Å². The van der Waals surface area contributed by atoms with Gasteiger partial charge in [-0.05, 0) is 13.3 Å². The molecule has 0 aromatic heterocycles.